The van der Waals surface area contributed by atoms with Crippen LogP contribution in [0.1, 0.15) is 5.56 Å². The van der Waals surface area contributed by atoms with Gasteiger partial charge in [0.1, 0.15) is 17.8 Å². The number of benzene rings is 1. The Labute approximate surface area is 146 Å². The largest absolute Gasteiger partial charge is 0.497 e. The standard InChI is InChI=1S/C16H13FN4O3S/c1-23-11-4-2-10(3-5-11)6-19-15(22)24-16-20-8-13(25-16)14-12(17)7-18-9-21-14/h2-5,7-9H,6H2,1H3,(H,19,22). The highest BCUT2D eigenvalue weighted by atomic mass is 32.1. The average molecular weight is 360 g/mol. The first-order chi connectivity index (χ1) is 12.2. The van der Waals surface area contributed by atoms with Crippen LogP contribution in [-0.4, -0.2) is 28.2 Å². The summed E-state index contributed by atoms with van der Waals surface area (Å²) in [5.41, 5.74) is 1.00. The number of hydrogen-bond donors (Lipinski definition) is 1. The molecule has 1 N–H and O–H groups in total. The SMILES string of the molecule is COc1ccc(CNC(=O)Oc2ncc(-c3ncncc3F)s2)cc1. The van der Waals surface area contributed by atoms with Crippen molar-refractivity contribution in [1.29, 1.82) is 0 Å². The van der Waals surface area contributed by atoms with Crippen molar-refractivity contribution >= 4 is 17.4 Å². The molecule has 2 aromatic heterocycles. The third-order valence-electron chi connectivity index (χ3n) is 3.16. The molecule has 25 heavy (non-hydrogen) atoms. The molecule has 9 heteroatoms. The topological polar surface area (TPSA) is 86.2 Å². The minimum absolute atomic E-state index is 0.0974. The van der Waals surface area contributed by atoms with Gasteiger partial charge in [0.15, 0.2) is 5.82 Å². The normalized spacial score (nSPS) is 10.3. The van der Waals surface area contributed by atoms with Gasteiger partial charge in [-0.2, -0.15) is 0 Å². The Kier molecular flexibility index (Phi) is 5.14. The molecular formula is C16H13FN4O3S. The van der Waals surface area contributed by atoms with Crippen LogP contribution >= 0.6 is 11.3 Å². The zero-order valence-corrected chi connectivity index (χ0v) is 13.9. The van der Waals surface area contributed by atoms with Crippen molar-refractivity contribution in [3.05, 3.63) is 54.4 Å². The van der Waals surface area contributed by atoms with Crippen molar-refractivity contribution in [2.24, 2.45) is 0 Å². The molecule has 1 amide bonds. The number of rotatable bonds is 5. The monoisotopic (exact) mass is 360 g/mol. The van der Waals surface area contributed by atoms with E-state index in [1.807, 2.05) is 12.1 Å². The molecule has 1 aromatic carbocycles. The molecule has 0 radical (unpaired) electrons. The molecule has 0 aliphatic carbocycles. The lowest BCUT2D eigenvalue weighted by Gasteiger charge is -2.05. The number of ether oxygens (including phenoxy) is 2. The molecule has 2 heterocycles. The van der Waals surface area contributed by atoms with Gasteiger partial charge in [-0.25, -0.2) is 24.1 Å². The lowest BCUT2D eigenvalue weighted by atomic mass is 10.2. The molecule has 0 aliphatic heterocycles. The van der Waals surface area contributed by atoms with Crippen molar-refractivity contribution in [2.75, 3.05) is 7.11 Å². The molecule has 3 aromatic rings. The zero-order valence-electron chi connectivity index (χ0n) is 13.1. The molecule has 0 aliphatic rings. The van der Waals surface area contributed by atoms with E-state index in [9.17, 15) is 9.18 Å². The fourth-order valence-corrected chi connectivity index (χ4v) is 2.70. The minimum Gasteiger partial charge on any atom is -0.497 e. The van der Waals surface area contributed by atoms with Gasteiger partial charge in [-0.1, -0.05) is 23.5 Å². The van der Waals surface area contributed by atoms with Gasteiger partial charge in [0, 0.05) is 6.54 Å². The number of nitrogens with one attached hydrogen (secondary N) is 1. The smallest absolute Gasteiger partial charge is 0.414 e. The van der Waals surface area contributed by atoms with Crippen LogP contribution in [-0.2, 0) is 6.54 Å². The van der Waals surface area contributed by atoms with E-state index >= 15 is 0 Å². The van der Waals surface area contributed by atoms with Crippen molar-refractivity contribution in [2.45, 2.75) is 6.54 Å². The van der Waals surface area contributed by atoms with Gasteiger partial charge in [-0.05, 0) is 17.7 Å². The van der Waals surface area contributed by atoms with Gasteiger partial charge in [-0.15, -0.1) is 0 Å². The molecular weight excluding hydrogens is 347 g/mol. The van der Waals surface area contributed by atoms with Crippen LogP contribution in [0.3, 0.4) is 0 Å². The van der Waals surface area contributed by atoms with Crippen LogP contribution in [0.15, 0.2) is 43.0 Å². The number of aromatic nitrogens is 3. The van der Waals surface area contributed by atoms with Crippen LogP contribution in [0.25, 0.3) is 10.6 Å². The average Bonchev–Trinajstić information content (AvgIpc) is 3.09. The highest BCUT2D eigenvalue weighted by molar-refractivity contribution is 7.16. The van der Waals surface area contributed by atoms with Gasteiger partial charge in [-0.3, -0.25) is 0 Å². The first-order valence-corrected chi connectivity index (χ1v) is 7.97. The van der Waals surface area contributed by atoms with E-state index in [1.54, 1.807) is 19.2 Å². The van der Waals surface area contributed by atoms with Crippen LogP contribution in [0.5, 0.6) is 10.9 Å². The third kappa shape index (κ3) is 4.27. The molecule has 0 saturated heterocycles. The summed E-state index contributed by atoms with van der Waals surface area (Å²) in [7, 11) is 1.58. The second kappa shape index (κ2) is 7.67. The summed E-state index contributed by atoms with van der Waals surface area (Å²) in [5, 5.41) is 2.71. The Morgan fingerprint density at radius 2 is 2.04 bits per heavy atom. The third-order valence-corrected chi connectivity index (χ3v) is 4.04. The summed E-state index contributed by atoms with van der Waals surface area (Å²) in [6, 6.07) is 7.26. The molecule has 0 spiro atoms. The van der Waals surface area contributed by atoms with E-state index in [0.29, 0.717) is 11.4 Å². The van der Waals surface area contributed by atoms with E-state index in [0.717, 1.165) is 28.8 Å². The molecule has 128 valence electrons. The molecule has 0 saturated carbocycles. The Bertz CT molecular complexity index is 870. The Morgan fingerprint density at radius 1 is 1.24 bits per heavy atom. The fraction of sp³-hybridized carbons (Fsp3) is 0.125. The summed E-state index contributed by atoms with van der Waals surface area (Å²) in [6.45, 7) is 0.293. The number of methoxy groups -OCH3 is 1. The lowest BCUT2D eigenvalue weighted by molar-refractivity contribution is 0.200. The zero-order chi connectivity index (χ0) is 17.6. The predicted octanol–water partition coefficient (Wildman–Crippen LogP) is 3.04. The molecule has 3 rings (SSSR count). The number of carbonyl (C=O) groups is 1. The van der Waals surface area contributed by atoms with Gasteiger partial charge in [0.2, 0.25) is 0 Å². The summed E-state index contributed by atoms with van der Waals surface area (Å²) in [6.07, 6.45) is 3.03. The first-order valence-electron chi connectivity index (χ1n) is 7.16. The van der Waals surface area contributed by atoms with Gasteiger partial charge in [0.25, 0.3) is 5.19 Å². The quantitative estimate of drug-likeness (QED) is 0.753. The van der Waals surface area contributed by atoms with Crippen molar-refractivity contribution in [3.8, 4) is 21.5 Å². The second-order valence-electron chi connectivity index (χ2n) is 4.80. The lowest BCUT2D eigenvalue weighted by Crippen LogP contribution is -2.26. The first kappa shape index (κ1) is 16.8. The van der Waals surface area contributed by atoms with Crippen LogP contribution in [0, 0.1) is 5.82 Å². The van der Waals surface area contributed by atoms with Crippen molar-refractivity contribution in [3.63, 3.8) is 0 Å². The van der Waals surface area contributed by atoms with Gasteiger partial charge < -0.3 is 14.8 Å². The van der Waals surface area contributed by atoms with Gasteiger partial charge in [0.05, 0.1) is 24.4 Å². The Hall–Kier alpha value is -3.07. The number of nitrogens with zero attached hydrogens (tertiary/aromatic N) is 3. The summed E-state index contributed by atoms with van der Waals surface area (Å²) in [4.78, 5) is 23.6. The van der Waals surface area contributed by atoms with E-state index in [-0.39, 0.29) is 10.9 Å². The fourth-order valence-electron chi connectivity index (χ4n) is 1.94. The highest BCUT2D eigenvalue weighted by Gasteiger charge is 2.13. The maximum Gasteiger partial charge on any atom is 0.414 e. The molecule has 7 nitrogen and oxygen atoms in total. The van der Waals surface area contributed by atoms with Crippen molar-refractivity contribution < 1.29 is 18.7 Å². The number of halogens is 1. The molecule has 0 unspecified atom stereocenters. The maximum absolute atomic E-state index is 13.6. The van der Waals surface area contributed by atoms with E-state index in [4.69, 9.17) is 9.47 Å². The van der Waals surface area contributed by atoms with Crippen LogP contribution in [0.4, 0.5) is 9.18 Å². The number of carbonyl (C=O) groups excluding carboxylic acids is 1. The molecule has 0 atom stereocenters. The van der Waals surface area contributed by atoms with Gasteiger partial charge >= 0.3 is 6.09 Å². The summed E-state index contributed by atoms with van der Waals surface area (Å²) >= 11 is 1.01. The Balaban J connectivity index is 1.57. The molecule has 0 fully saturated rings. The molecule has 0 bridgehead atoms. The number of amides is 1. The second-order valence-corrected chi connectivity index (χ2v) is 5.79. The number of thiazole rings is 1. The minimum atomic E-state index is -0.653. The maximum atomic E-state index is 13.6. The van der Waals surface area contributed by atoms with Crippen LogP contribution in [0.2, 0.25) is 0 Å². The Morgan fingerprint density at radius 3 is 2.76 bits per heavy atom. The van der Waals surface area contributed by atoms with E-state index in [1.165, 1.54) is 12.5 Å². The van der Waals surface area contributed by atoms with Crippen LogP contribution < -0.4 is 14.8 Å². The summed E-state index contributed by atoms with van der Waals surface area (Å²) < 4.78 is 23.8. The van der Waals surface area contributed by atoms with E-state index in [2.05, 4.69) is 20.3 Å². The van der Waals surface area contributed by atoms with E-state index < -0.39 is 11.9 Å². The van der Waals surface area contributed by atoms with Crippen molar-refractivity contribution in [1.82, 2.24) is 20.3 Å². The predicted molar refractivity (Wildman–Crippen MR) is 89.0 cm³/mol. The highest BCUT2D eigenvalue weighted by Crippen LogP contribution is 2.30. The summed E-state index contributed by atoms with van der Waals surface area (Å²) in [5.74, 6) is 0.167. The number of hydrogen-bond acceptors (Lipinski definition) is 7.